The zero-order chi connectivity index (χ0) is 23.6. The van der Waals surface area contributed by atoms with Crippen molar-refractivity contribution >= 4 is 19.2 Å². The van der Waals surface area contributed by atoms with E-state index in [1.54, 1.807) is 0 Å². The molecule has 0 unspecified atom stereocenters. The number of halogens is 1. The van der Waals surface area contributed by atoms with Gasteiger partial charge < -0.3 is 9.79 Å². The molecule has 0 atom stereocenters. The normalized spacial score (nSPS) is 12.0. The fourth-order valence-corrected chi connectivity index (χ4v) is 5.30. The average Bonchev–Trinajstić information content (AvgIpc) is 2.75. The third-order valence-corrected chi connectivity index (χ3v) is 7.75. The number of rotatable bonds is 27. The monoisotopic (exact) mass is 494 g/mol. The molecule has 0 fully saturated rings. The highest BCUT2D eigenvalue weighted by Gasteiger charge is 2.10. The van der Waals surface area contributed by atoms with E-state index in [4.69, 9.17) is 21.4 Å². The van der Waals surface area contributed by atoms with Gasteiger partial charge >= 0.3 is 7.60 Å². The highest BCUT2D eigenvalue weighted by atomic mass is 35.5. The lowest BCUT2D eigenvalue weighted by atomic mass is 10.0. The van der Waals surface area contributed by atoms with Crippen LogP contribution in [-0.2, 0) is 4.57 Å². The number of hydrogen-bond donors (Lipinski definition) is 2. The molecule has 0 saturated carbocycles. The Hall–Kier alpha value is 0.440. The summed E-state index contributed by atoms with van der Waals surface area (Å²) in [6.07, 6.45) is 33.3. The van der Waals surface area contributed by atoms with Gasteiger partial charge in [-0.2, -0.15) is 0 Å². The molecule has 0 saturated heterocycles. The lowest BCUT2D eigenvalue weighted by molar-refractivity contribution is 0.370. The van der Waals surface area contributed by atoms with Gasteiger partial charge in [0.25, 0.3) is 0 Å². The Balaban J connectivity index is 3.03. The Bertz CT molecular complexity index is 400. The van der Waals surface area contributed by atoms with Crippen molar-refractivity contribution in [2.24, 2.45) is 0 Å². The summed E-state index contributed by atoms with van der Waals surface area (Å²) >= 11 is 5.70. The molecule has 0 aromatic carbocycles. The van der Waals surface area contributed by atoms with Crippen LogP contribution in [-0.4, -0.2) is 21.8 Å². The summed E-state index contributed by atoms with van der Waals surface area (Å²) in [5.41, 5.74) is 0. The van der Waals surface area contributed by atoms with Crippen LogP contribution in [0.5, 0.6) is 0 Å². The smallest absolute Gasteiger partial charge is 0.324 e. The SMILES string of the molecule is O=P(O)(O)CCCCCCCCCCCCCCCCCCCCCCCCCCCCl. The van der Waals surface area contributed by atoms with Gasteiger partial charge in [-0.05, 0) is 12.8 Å². The van der Waals surface area contributed by atoms with Gasteiger partial charge in [-0.1, -0.05) is 148 Å². The molecule has 0 aliphatic carbocycles. The van der Waals surface area contributed by atoms with Crippen molar-refractivity contribution in [3.05, 3.63) is 0 Å². The van der Waals surface area contributed by atoms with Crippen molar-refractivity contribution < 1.29 is 14.4 Å². The van der Waals surface area contributed by atoms with Crippen molar-refractivity contribution in [2.45, 2.75) is 161 Å². The summed E-state index contributed by atoms with van der Waals surface area (Å²) in [5.74, 6) is 0.831. The summed E-state index contributed by atoms with van der Waals surface area (Å²) in [6.45, 7) is 0. The maximum atomic E-state index is 10.8. The second-order valence-corrected chi connectivity index (χ2v) is 12.1. The molecule has 0 radical (unpaired) electrons. The molecule has 0 bridgehead atoms. The number of unbranched alkanes of at least 4 members (excludes halogenated alkanes) is 24. The van der Waals surface area contributed by atoms with Gasteiger partial charge in [-0.3, -0.25) is 4.57 Å². The lowest BCUT2D eigenvalue weighted by Gasteiger charge is -2.05. The molecule has 5 heteroatoms. The van der Waals surface area contributed by atoms with E-state index >= 15 is 0 Å². The predicted octanol–water partition coefficient (Wildman–Crippen LogP) is 10.2. The maximum absolute atomic E-state index is 10.8. The molecule has 0 aromatic rings. The van der Waals surface area contributed by atoms with Crippen LogP contribution in [0.2, 0.25) is 0 Å². The molecule has 0 heterocycles. The Morgan fingerprint density at radius 3 is 0.750 bits per heavy atom. The van der Waals surface area contributed by atoms with Crippen molar-refractivity contribution in [1.82, 2.24) is 0 Å². The third-order valence-electron chi connectivity index (χ3n) is 6.58. The molecule has 0 rings (SSSR count). The summed E-state index contributed by atoms with van der Waals surface area (Å²) in [5, 5.41) is 0. The largest absolute Gasteiger partial charge is 0.325 e. The van der Waals surface area contributed by atoms with Crippen LogP contribution in [0, 0.1) is 0 Å². The number of alkyl halides is 1. The standard InChI is InChI=1S/C27H56ClO3P/c28-26-24-22-20-18-16-14-12-10-8-6-4-2-1-3-5-7-9-11-13-15-17-19-21-23-25-27-32(29,30)31/h1-27H2,(H2,29,30,31). The molecule has 3 nitrogen and oxygen atoms in total. The van der Waals surface area contributed by atoms with Gasteiger partial charge in [0, 0.05) is 12.0 Å². The van der Waals surface area contributed by atoms with Gasteiger partial charge in [-0.25, -0.2) is 0 Å². The zero-order valence-electron chi connectivity index (χ0n) is 21.2. The van der Waals surface area contributed by atoms with Crippen LogP contribution in [0.25, 0.3) is 0 Å². The molecule has 0 spiro atoms. The van der Waals surface area contributed by atoms with Crippen LogP contribution < -0.4 is 0 Å². The summed E-state index contributed by atoms with van der Waals surface area (Å²) in [6, 6.07) is 0. The van der Waals surface area contributed by atoms with Crippen LogP contribution in [0.15, 0.2) is 0 Å². The Labute approximate surface area is 206 Å². The summed E-state index contributed by atoms with van der Waals surface area (Å²) in [4.78, 5) is 17.6. The van der Waals surface area contributed by atoms with Gasteiger partial charge in [-0.15, -0.1) is 11.6 Å². The first-order chi connectivity index (χ1) is 15.6. The van der Waals surface area contributed by atoms with Crippen molar-refractivity contribution in [2.75, 3.05) is 12.0 Å². The maximum Gasteiger partial charge on any atom is 0.325 e. The molecule has 2 N–H and O–H groups in total. The van der Waals surface area contributed by atoms with Crippen LogP contribution in [0.1, 0.15) is 161 Å². The van der Waals surface area contributed by atoms with Crippen LogP contribution in [0.4, 0.5) is 0 Å². The van der Waals surface area contributed by atoms with E-state index in [1.807, 2.05) is 0 Å². The predicted molar refractivity (Wildman–Crippen MR) is 143 cm³/mol. The van der Waals surface area contributed by atoms with E-state index < -0.39 is 7.60 Å². The van der Waals surface area contributed by atoms with Gasteiger partial charge in [0.05, 0.1) is 0 Å². The number of hydrogen-bond acceptors (Lipinski definition) is 1. The first kappa shape index (κ1) is 32.4. The van der Waals surface area contributed by atoms with Gasteiger partial charge in [0.15, 0.2) is 0 Å². The van der Waals surface area contributed by atoms with E-state index in [-0.39, 0.29) is 6.16 Å². The highest BCUT2D eigenvalue weighted by Crippen LogP contribution is 2.35. The topological polar surface area (TPSA) is 57.5 Å². The van der Waals surface area contributed by atoms with E-state index in [0.717, 1.165) is 18.7 Å². The third kappa shape index (κ3) is 30.4. The fraction of sp³-hybridized carbons (Fsp3) is 1.00. The molecule has 0 aromatic heterocycles. The summed E-state index contributed by atoms with van der Waals surface area (Å²) < 4.78 is 10.8. The van der Waals surface area contributed by atoms with Crippen LogP contribution >= 0.6 is 19.2 Å². The lowest BCUT2D eigenvalue weighted by Crippen LogP contribution is -1.88. The van der Waals surface area contributed by atoms with E-state index in [0.29, 0.717) is 6.42 Å². The van der Waals surface area contributed by atoms with E-state index in [2.05, 4.69) is 0 Å². The first-order valence-electron chi connectivity index (χ1n) is 14.2. The Morgan fingerprint density at radius 1 is 0.375 bits per heavy atom. The van der Waals surface area contributed by atoms with Gasteiger partial charge in [0.1, 0.15) is 0 Å². The molecular formula is C27H56ClO3P. The second-order valence-electron chi connectivity index (χ2n) is 9.92. The molecule has 194 valence electrons. The van der Waals surface area contributed by atoms with Gasteiger partial charge in [0.2, 0.25) is 0 Å². The molecular weight excluding hydrogens is 439 g/mol. The Kier molecular flexibility index (Phi) is 26.4. The van der Waals surface area contributed by atoms with E-state index in [1.165, 1.54) is 141 Å². The quantitative estimate of drug-likeness (QED) is 0.0677. The zero-order valence-corrected chi connectivity index (χ0v) is 22.9. The molecule has 0 aliphatic heterocycles. The van der Waals surface area contributed by atoms with Crippen LogP contribution in [0.3, 0.4) is 0 Å². The van der Waals surface area contributed by atoms with Crippen molar-refractivity contribution in [1.29, 1.82) is 0 Å². The first-order valence-corrected chi connectivity index (χ1v) is 16.5. The summed E-state index contributed by atoms with van der Waals surface area (Å²) in [7, 11) is -3.77. The minimum absolute atomic E-state index is 0.0592. The van der Waals surface area contributed by atoms with Crippen molar-refractivity contribution in [3.63, 3.8) is 0 Å². The molecule has 0 amide bonds. The second kappa shape index (κ2) is 26.1. The van der Waals surface area contributed by atoms with Crippen molar-refractivity contribution in [3.8, 4) is 0 Å². The minimum atomic E-state index is -3.77. The fourth-order valence-electron chi connectivity index (χ4n) is 4.48. The highest BCUT2D eigenvalue weighted by molar-refractivity contribution is 7.51. The average molecular weight is 495 g/mol. The van der Waals surface area contributed by atoms with E-state index in [9.17, 15) is 4.57 Å². The molecule has 32 heavy (non-hydrogen) atoms. The Morgan fingerprint density at radius 2 is 0.562 bits per heavy atom. The minimum Gasteiger partial charge on any atom is -0.324 e. The molecule has 0 aliphatic rings.